The molecule has 1 aromatic heterocycles. The van der Waals surface area contributed by atoms with Crippen molar-refractivity contribution in [1.29, 1.82) is 0 Å². The number of benzene rings is 2. The van der Waals surface area contributed by atoms with E-state index in [0.717, 1.165) is 47.0 Å². The van der Waals surface area contributed by atoms with Crippen LogP contribution in [-0.4, -0.2) is 41.9 Å². The molecule has 2 aromatic carbocycles. The SMILES string of the molecule is Cc1cc(OCc2csc(C(=O)N3CCN(Cc4ccc(F)cc4)CC3)c2)ccc1Cl. The zero-order valence-corrected chi connectivity index (χ0v) is 18.9. The first-order chi connectivity index (χ1) is 15.0. The van der Waals surface area contributed by atoms with Gasteiger partial charge in [-0.05, 0) is 59.8 Å². The second kappa shape index (κ2) is 9.81. The van der Waals surface area contributed by atoms with Crippen LogP contribution in [0.2, 0.25) is 5.02 Å². The molecule has 0 spiro atoms. The molecule has 0 bridgehead atoms. The van der Waals surface area contributed by atoms with Gasteiger partial charge in [0.1, 0.15) is 18.2 Å². The van der Waals surface area contributed by atoms with Crippen LogP contribution >= 0.6 is 22.9 Å². The summed E-state index contributed by atoms with van der Waals surface area (Å²) in [5, 5.41) is 2.69. The first kappa shape index (κ1) is 21.8. The number of amides is 1. The lowest BCUT2D eigenvalue weighted by atomic mass is 10.2. The predicted molar refractivity (Wildman–Crippen MR) is 122 cm³/mol. The molecule has 0 unspecified atom stereocenters. The van der Waals surface area contributed by atoms with Crippen molar-refractivity contribution in [1.82, 2.24) is 9.80 Å². The number of thiophene rings is 1. The quantitative estimate of drug-likeness (QED) is 0.496. The summed E-state index contributed by atoms with van der Waals surface area (Å²) < 4.78 is 18.9. The molecular formula is C24H24ClFN2O2S. The molecule has 3 aromatic rings. The van der Waals surface area contributed by atoms with E-state index >= 15 is 0 Å². The number of aryl methyl sites for hydroxylation is 1. The molecular weight excluding hydrogens is 435 g/mol. The smallest absolute Gasteiger partial charge is 0.264 e. The van der Waals surface area contributed by atoms with E-state index in [4.69, 9.17) is 16.3 Å². The van der Waals surface area contributed by atoms with Crippen LogP contribution in [0.4, 0.5) is 4.39 Å². The van der Waals surface area contributed by atoms with Gasteiger partial charge >= 0.3 is 0 Å². The van der Waals surface area contributed by atoms with Gasteiger partial charge in [-0.15, -0.1) is 11.3 Å². The van der Waals surface area contributed by atoms with Gasteiger partial charge in [-0.25, -0.2) is 4.39 Å². The molecule has 2 heterocycles. The molecule has 0 aliphatic carbocycles. The van der Waals surface area contributed by atoms with Crippen LogP contribution in [0.15, 0.2) is 53.9 Å². The largest absolute Gasteiger partial charge is 0.489 e. The monoisotopic (exact) mass is 458 g/mol. The molecule has 0 N–H and O–H groups in total. The van der Waals surface area contributed by atoms with Crippen molar-refractivity contribution >= 4 is 28.8 Å². The van der Waals surface area contributed by atoms with Crippen LogP contribution < -0.4 is 4.74 Å². The van der Waals surface area contributed by atoms with Gasteiger partial charge in [0.2, 0.25) is 0 Å². The number of piperazine rings is 1. The fourth-order valence-electron chi connectivity index (χ4n) is 3.55. The molecule has 1 aliphatic rings. The zero-order valence-electron chi connectivity index (χ0n) is 17.3. The number of carbonyl (C=O) groups is 1. The molecule has 1 amide bonds. The number of rotatable bonds is 6. The van der Waals surface area contributed by atoms with Crippen LogP contribution in [0, 0.1) is 12.7 Å². The van der Waals surface area contributed by atoms with Crippen molar-refractivity contribution in [3.63, 3.8) is 0 Å². The molecule has 162 valence electrons. The Morgan fingerprint density at radius 2 is 1.81 bits per heavy atom. The second-order valence-electron chi connectivity index (χ2n) is 7.71. The van der Waals surface area contributed by atoms with Gasteiger partial charge in [0.15, 0.2) is 0 Å². The van der Waals surface area contributed by atoms with E-state index in [1.165, 1.54) is 23.5 Å². The summed E-state index contributed by atoms with van der Waals surface area (Å²) in [5.74, 6) is 0.612. The molecule has 0 radical (unpaired) electrons. The Kier molecular flexibility index (Phi) is 6.90. The number of halogens is 2. The average molecular weight is 459 g/mol. The molecule has 7 heteroatoms. The van der Waals surface area contributed by atoms with Crippen molar-refractivity contribution < 1.29 is 13.9 Å². The van der Waals surface area contributed by atoms with Gasteiger partial charge in [0.25, 0.3) is 5.91 Å². The van der Waals surface area contributed by atoms with Gasteiger partial charge in [0.05, 0.1) is 4.88 Å². The maximum atomic E-state index is 13.1. The Labute approximate surface area is 190 Å². The Balaban J connectivity index is 1.27. The standard InChI is InChI=1S/C24H24ClFN2O2S/c1-17-12-21(6-7-22(17)25)30-15-19-13-23(31-16-19)24(29)28-10-8-27(9-11-28)14-18-2-4-20(26)5-3-18/h2-7,12-13,16H,8-11,14-15H2,1H3. The number of ether oxygens (including phenoxy) is 1. The van der Waals surface area contributed by atoms with Crippen molar-refractivity contribution in [2.45, 2.75) is 20.1 Å². The summed E-state index contributed by atoms with van der Waals surface area (Å²) in [4.78, 5) is 17.8. The summed E-state index contributed by atoms with van der Waals surface area (Å²) in [6.07, 6.45) is 0. The Bertz CT molecular complexity index is 1050. The third kappa shape index (κ3) is 5.64. The lowest BCUT2D eigenvalue weighted by Crippen LogP contribution is -2.48. The highest BCUT2D eigenvalue weighted by Gasteiger charge is 2.23. The van der Waals surface area contributed by atoms with Crippen LogP contribution in [0.5, 0.6) is 5.75 Å². The maximum absolute atomic E-state index is 13.1. The van der Waals surface area contributed by atoms with E-state index in [9.17, 15) is 9.18 Å². The third-order valence-electron chi connectivity index (χ3n) is 5.38. The molecule has 4 rings (SSSR count). The Hall–Kier alpha value is -2.41. The van der Waals surface area contributed by atoms with Crippen LogP contribution in [0.1, 0.15) is 26.4 Å². The third-order valence-corrected chi connectivity index (χ3v) is 6.77. The number of nitrogens with zero attached hydrogens (tertiary/aromatic N) is 2. The lowest BCUT2D eigenvalue weighted by Gasteiger charge is -2.34. The fourth-order valence-corrected chi connectivity index (χ4v) is 4.53. The highest BCUT2D eigenvalue weighted by Crippen LogP contribution is 2.23. The van der Waals surface area contributed by atoms with Crippen molar-refractivity contribution in [2.24, 2.45) is 0 Å². The maximum Gasteiger partial charge on any atom is 0.264 e. The van der Waals surface area contributed by atoms with Gasteiger partial charge < -0.3 is 9.64 Å². The van der Waals surface area contributed by atoms with E-state index in [1.807, 2.05) is 53.6 Å². The minimum absolute atomic E-state index is 0.0695. The lowest BCUT2D eigenvalue weighted by molar-refractivity contribution is 0.0633. The van der Waals surface area contributed by atoms with E-state index in [0.29, 0.717) is 24.7 Å². The van der Waals surface area contributed by atoms with Crippen LogP contribution in [0.25, 0.3) is 0 Å². The van der Waals surface area contributed by atoms with E-state index < -0.39 is 0 Å². The number of hydrogen-bond acceptors (Lipinski definition) is 4. The molecule has 4 nitrogen and oxygen atoms in total. The molecule has 1 saturated heterocycles. The predicted octanol–water partition coefficient (Wildman–Crippen LogP) is 5.39. The van der Waals surface area contributed by atoms with E-state index in [2.05, 4.69) is 4.90 Å². The van der Waals surface area contributed by atoms with Gasteiger partial charge in [-0.1, -0.05) is 23.7 Å². The summed E-state index contributed by atoms with van der Waals surface area (Å²) >= 11 is 7.51. The van der Waals surface area contributed by atoms with Crippen molar-refractivity contribution in [3.8, 4) is 5.75 Å². The second-order valence-corrected chi connectivity index (χ2v) is 9.03. The number of carbonyl (C=O) groups excluding carboxylic acids is 1. The minimum Gasteiger partial charge on any atom is -0.489 e. The highest BCUT2D eigenvalue weighted by molar-refractivity contribution is 7.12. The molecule has 0 saturated carbocycles. The van der Waals surface area contributed by atoms with Crippen molar-refractivity contribution in [3.05, 3.63) is 86.3 Å². The van der Waals surface area contributed by atoms with E-state index in [-0.39, 0.29) is 11.7 Å². The Morgan fingerprint density at radius 3 is 2.52 bits per heavy atom. The summed E-state index contributed by atoms with van der Waals surface area (Å²) in [6.45, 7) is 6.11. The highest BCUT2D eigenvalue weighted by atomic mass is 35.5. The molecule has 31 heavy (non-hydrogen) atoms. The fraction of sp³-hybridized carbons (Fsp3) is 0.292. The Morgan fingerprint density at radius 1 is 1.06 bits per heavy atom. The van der Waals surface area contributed by atoms with Gasteiger partial charge in [0, 0.05) is 43.3 Å². The first-order valence-corrected chi connectivity index (χ1v) is 11.5. The first-order valence-electron chi connectivity index (χ1n) is 10.2. The minimum atomic E-state index is -0.219. The topological polar surface area (TPSA) is 32.8 Å². The summed E-state index contributed by atoms with van der Waals surface area (Å²) in [7, 11) is 0. The van der Waals surface area contributed by atoms with Gasteiger partial charge in [-0.3, -0.25) is 9.69 Å². The van der Waals surface area contributed by atoms with E-state index in [1.54, 1.807) is 0 Å². The number of hydrogen-bond donors (Lipinski definition) is 0. The molecule has 1 aliphatic heterocycles. The summed E-state index contributed by atoms with van der Waals surface area (Å²) in [5.41, 5.74) is 3.04. The molecule has 1 fully saturated rings. The van der Waals surface area contributed by atoms with Crippen LogP contribution in [0.3, 0.4) is 0 Å². The normalized spacial score (nSPS) is 14.6. The van der Waals surface area contributed by atoms with Crippen molar-refractivity contribution in [2.75, 3.05) is 26.2 Å². The summed E-state index contributed by atoms with van der Waals surface area (Å²) in [6, 6.07) is 14.1. The zero-order chi connectivity index (χ0) is 21.8. The van der Waals surface area contributed by atoms with Gasteiger partial charge in [-0.2, -0.15) is 0 Å². The average Bonchev–Trinajstić information content (AvgIpc) is 3.25. The molecule has 0 atom stereocenters. The van der Waals surface area contributed by atoms with Crippen LogP contribution in [-0.2, 0) is 13.2 Å².